The Labute approximate surface area is 122 Å². The van der Waals surface area contributed by atoms with Gasteiger partial charge in [-0.1, -0.05) is 45.5 Å². The zero-order valence-electron chi connectivity index (χ0n) is 14.0. The second-order valence-electron chi connectivity index (χ2n) is 5.18. The predicted molar refractivity (Wildman–Crippen MR) is 85.7 cm³/mol. The Morgan fingerprint density at radius 2 is 1.74 bits per heavy atom. The highest BCUT2D eigenvalue weighted by Gasteiger charge is 2.39. The Morgan fingerprint density at radius 3 is 2.16 bits per heavy atom. The Morgan fingerprint density at radius 1 is 1.21 bits per heavy atom. The third-order valence-electron chi connectivity index (χ3n) is 3.98. The summed E-state index contributed by atoms with van der Waals surface area (Å²) in [5, 5.41) is 0. The van der Waals surface area contributed by atoms with Crippen molar-refractivity contribution < 1.29 is 4.74 Å². The zero-order chi connectivity index (χ0) is 15.1. The molecule has 1 heterocycles. The van der Waals surface area contributed by atoms with E-state index in [0.717, 1.165) is 19.6 Å². The lowest BCUT2D eigenvalue weighted by molar-refractivity contribution is -0.112. The normalized spacial score (nSPS) is 24.3. The van der Waals surface area contributed by atoms with Gasteiger partial charge in [0.25, 0.3) is 0 Å². The fourth-order valence-corrected chi connectivity index (χ4v) is 2.47. The maximum absolute atomic E-state index is 6.09. The third-order valence-corrected chi connectivity index (χ3v) is 3.98. The molecule has 1 aliphatic carbocycles. The zero-order valence-corrected chi connectivity index (χ0v) is 14.0. The number of rotatable bonds is 2. The van der Waals surface area contributed by atoms with Gasteiger partial charge in [0.05, 0.1) is 26.6 Å². The SMILES string of the molecule is CC.CC.[B]C1CCCC(N(C)C2(C)COC2)=C1C. The monoisotopic (exact) mass is 265 g/mol. The van der Waals surface area contributed by atoms with E-state index in [2.05, 4.69) is 25.8 Å². The van der Waals surface area contributed by atoms with E-state index in [-0.39, 0.29) is 11.4 Å². The molecule has 1 unspecified atom stereocenters. The second-order valence-corrected chi connectivity index (χ2v) is 5.18. The summed E-state index contributed by atoms with van der Waals surface area (Å²) >= 11 is 0. The molecule has 0 aromatic carbocycles. The highest BCUT2D eigenvalue weighted by molar-refractivity contribution is 6.13. The van der Waals surface area contributed by atoms with Crippen molar-refractivity contribution in [3.8, 4) is 0 Å². The highest BCUT2D eigenvalue weighted by atomic mass is 16.5. The molecule has 3 heteroatoms. The largest absolute Gasteiger partial charge is 0.376 e. The molecular formula is C16H32BNO. The molecule has 0 aromatic heterocycles. The Bertz CT molecular complexity index is 284. The van der Waals surface area contributed by atoms with E-state index in [9.17, 15) is 0 Å². The van der Waals surface area contributed by atoms with E-state index in [0.29, 0.717) is 0 Å². The van der Waals surface area contributed by atoms with Crippen molar-refractivity contribution in [2.75, 3.05) is 20.3 Å². The number of allylic oxidation sites excluding steroid dienone is 2. The summed E-state index contributed by atoms with van der Waals surface area (Å²) in [5.41, 5.74) is 3.02. The first-order valence-corrected chi connectivity index (χ1v) is 7.81. The van der Waals surface area contributed by atoms with E-state index in [4.69, 9.17) is 12.6 Å². The van der Waals surface area contributed by atoms with Crippen LogP contribution in [0.5, 0.6) is 0 Å². The molecular weight excluding hydrogens is 233 g/mol. The van der Waals surface area contributed by atoms with Crippen LogP contribution in [0.15, 0.2) is 11.3 Å². The summed E-state index contributed by atoms with van der Waals surface area (Å²) in [5.74, 6) is 0.265. The molecule has 2 rings (SSSR count). The van der Waals surface area contributed by atoms with Gasteiger partial charge in [-0.05, 0) is 26.7 Å². The lowest BCUT2D eigenvalue weighted by Crippen LogP contribution is -2.58. The standard InChI is InChI=1S/C12H20BNO.2C2H6/c1-9-10(13)5-4-6-11(9)14(3)12(2)7-15-8-12;2*1-2/h10H,4-8H2,1-3H3;2*1-2H3. The van der Waals surface area contributed by atoms with Crippen molar-refractivity contribution in [3.63, 3.8) is 0 Å². The van der Waals surface area contributed by atoms with E-state index in [1.54, 1.807) is 0 Å². The Balaban J connectivity index is 0.000000741. The average molecular weight is 265 g/mol. The highest BCUT2D eigenvalue weighted by Crippen LogP contribution is 2.37. The molecule has 110 valence electrons. The van der Waals surface area contributed by atoms with E-state index in [1.807, 2.05) is 27.7 Å². The van der Waals surface area contributed by atoms with Gasteiger partial charge in [0.15, 0.2) is 0 Å². The second kappa shape index (κ2) is 8.68. The maximum Gasteiger partial charge on any atom is 0.0833 e. The summed E-state index contributed by atoms with van der Waals surface area (Å²) in [6.07, 6.45) is 3.52. The molecule has 0 aromatic rings. The van der Waals surface area contributed by atoms with Gasteiger partial charge in [-0.15, -0.1) is 0 Å². The fraction of sp³-hybridized carbons (Fsp3) is 0.875. The summed E-state index contributed by atoms with van der Waals surface area (Å²) in [7, 11) is 8.27. The molecule has 2 aliphatic rings. The van der Waals surface area contributed by atoms with Gasteiger partial charge in [-0.25, -0.2) is 0 Å². The van der Waals surface area contributed by atoms with Gasteiger partial charge >= 0.3 is 0 Å². The molecule has 1 saturated heterocycles. The molecule has 1 fully saturated rings. The van der Waals surface area contributed by atoms with Crippen molar-refractivity contribution >= 4 is 7.85 Å². The number of hydrogen-bond acceptors (Lipinski definition) is 2. The predicted octanol–water partition coefficient (Wildman–Crippen LogP) is 4.17. The Hall–Kier alpha value is -0.435. The van der Waals surface area contributed by atoms with Crippen LogP contribution in [-0.4, -0.2) is 38.5 Å². The van der Waals surface area contributed by atoms with Gasteiger partial charge in [0.2, 0.25) is 0 Å². The topological polar surface area (TPSA) is 12.5 Å². The number of likely N-dealkylation sites (N-methyl/N-ethyl adjacent to an activating group) is 1. The number of ether oxygens (including phenoxy) is 1. The van der Waals surface area contributed by atoms with Gasteiger partial charge in [0, 0.05) is 12.7 Å². The maximum atomic E-state index is 6.09. The van der Waals surface area contributed by atoms with Crippen LogP contribution >= 0.6 is 0 Å². The van der Waals surface area contributed by atoms with Gasteiger partial charge in [0.1, 0.15) is 0 Å². The summed E-state index contributed by atoms with van der Waals surface area (Å²) in [6, 6.07) is 0. The van der Waals surface area contributed by atoms with E-state index in [1.165, 1.54) is 24.1 Å². The molecule has 1 atom stereocenters. The smallest absolute Gasteiger partial charge is 0.0833 e. The molecule has 2 nitrogen and oxygen atoms in total. The number of hydrogen-bond donors (Lipinski definition) is 0. The van der Waals surface area contributed by atoms with E-state index < -0.39 is 0 Å². The van der Waals surface area contributed by atoms with Crippen LogP contribution in [0.25, 0.3) is 0 Å². The first-order chi connectivity index (χ1) is 9.04. The van der Waals surface area contributed by atoms with Crippen molar-refractivity contribution in [1.82, 2.24) is 4.90 Å². The molecule has 0 amide bonds. The number of nitrogens with zero attached hydrogens (tertiary/aromatic N) is 1. The minimum absolute atomic E-state index is 0.202. The molecule has 0 saturated carbocycles. The van der Waals surface area contributed by atoms with Crippen molar-refractivity contribution in [2.24, 2.45) is 0 Å². The van der Waals surface area contributed by atoms with Crippen molar-refractivity contribution in [1.29, 1.82) is 0 Å². The van der Waals surface area contributed by atoms with Gasteiger partial charge in [-0.3, -0.25) is 0 Å². The summed E-state index contributed by atoms with van der Waals surface area (Å²) < 4.78 is 5.32. The van der Waals surface area contributed by atoms with Gasteiger partial charge in [-0.2, -0.15) is 0 Å². The van der Waals surface area contributed by atoms with Crippen molar-refractivity contribution in [2.45, 2.75) is 72.2 Å². The van der Waals surface area contributed by atoms with Crippen LogP contribution in [0, 0.1) is 0 Å². The molecule has 0 bridgehead atoms. The molecule has 0 spiro atoms. The lowest BCUT2D eigenvalue weighted by Gasteiger charge is -2.49. The average Bonchev–Trinajstić information content (AvgIpc) is 2.43. The van der Waals surface area contributed by atoms with Crippen LogP contribution in [0.4, 0.5) is 0 Å². The summed E-state index contributed by atoms with van der Waals surface area (Å²) in [4.78, 5) is 2.39. The van der Waals surface area contributed by atoms with Crippen LogP contribution < -0.4 is 0 Å². The lowest BCUT2D eigenvalue weighted by atomic mass is 9.73. The van der Waals surface area contributed by atoms with Gasteiger partial charge < -0.3 is 9.64 Å². The fourth-order valence-electron chi connectivity index (χ4n) is 2.47. The minimum Gasteiger partial charge on any atom is -0.376 e. The van der Waals surface area contributed by atoms with Crippen LogP contribution in [0.2, 0.25) is 5.82 Å². The van der Waals surface area contributed by atoms with Crippen LogP contribution in [0.3, 0.4) is 0 Å². The first-order valence-electron chi connectivity index (χ1n) is 7.81. The molecule has 19 heavy (non-hydrogen) atoms. The van der Waals surface area contributed by atoms with E-state index >= 15 is 0 Å². The van der Waals surface area contributed by atoms with Crippen molar-refractivity contribution in [3.05, 3.63) is 11.3 Å². The summed E-state index contributed by atoms with van der Waals surface area (Å²) in [6.45, 7) is 14.1. The molecule has 0 N–H and O–H groups in total. The Kier molecular flexibility index (Phi) is 8.48. The van der Waals surface area contributed by atoms with Crippen LogP contribution in [-0.2, 0) is 4.74 Å². The first kappa shape index (κ1) is 18.6. The molecule has 2 radical (unpaired) electrons. The molecule has 1 aliphatic heterocycles. The minimum atomic E-state index is 0.202. The third kappa shape index (κ3) is 4.27. The van der Waals surface area contributed by atoms with Crippen LogP contribution in [0.1, 0.15) is 60.8 Å². The quantitative estimate of drug-likeness (QED) is 0.695.